The second-order valence-corrected chi connectivity index (χ2v) is 15.5. The number of methoxy groups -OCH3 is 2. The molecule has 0 bridgehead atoms. The van der Waals surface area contributed by atoms with E-state index < -0.39 is 45.9 Å². The molecule has 0 unspecified atom stereocenters. The van der Waals surface area contributed by atoms with Crippen molar-refractivity contribution in [2.45, 2.75) is 19.6 Å². The van der Waals surface area contributed by atoms with E-state index in [0.717, 1.165) is 47.0 Å². The number of nitrogens with zero attached hydrogens (tertiary/aromatic N) is 4. The van der Waals surface area contributed by atoms with Gasteiger partial charge in [0.05, 0.1) is 63.8 Å². The normalized spacial score (nSPS) is 16.2. The highest BCUT2D eigenvalue weighted by Gasteiger charge is 2.46. The summed E-state index contributed by atoms with van der Waals surface area (Å²) in [5, 5.41) is 0.000923. The quantitative estimate of drug-likeness (QED) is 0.190. The first-order valence-electron chi connectivity index (χ1n) is 14.3. The predicted molar refractivity (Wildman–Crippen MR) is 184 cm³/mol. The first-order chi connectivity index (χ1) is 24.1. The average Bonchev–Trinajstić information content (AvgIpc) is 3.86. The molecule has 0 radical (unpaired) electrons. The smallest absolute Gasteiger partial charge is 0.287 e. The summed E-state index contributed by atoms with van der Waals surface area (Å²) in [4.78, 5) is 109. The maximum absolute atomic E-state index is 13.7. The number of rotatable bonds is 2. The van der Waals surface area contributed by atoms with Crippen molar-refractivity contribution >= 4 is 92.2 Å². The molecule has 2 aromatic heterocycles. The standard InChI is InChI=1S/C32H14N4O10S4/c1-45-17-19-21(49-31(47-19)15-27(41)33-23(37)11-7-3-4-8-12(11)24(38)34(33)28(15)42)18(46-2)22-20(17)48-32(50-22)16-29(43)35-25(39)13-9-5-6-10-14(13)26(40)36(35)30(16)44/h3-10H,1-2H3. The van der Waals surface area contributed by atoms with E-state index >= 15 is 0 Å². The zero-order valence-corrected chi connectivity index (χ0v) is 28.4. The Morgan fingerprint density at radius 2 is 0.660 bits per heavy atom. The lowest BCUT2D eigenvalue weighted by Crippen LogP contribution is -2.38. The van der Waals surface area contributed by atoms with Gasteiger partial charge in [0.15, 0.2) is 0 Å². The first kappa shape index (κ1) is 30.7. The van der Waals surface area contributed by atoms with Crippen molar-refractivity contribution in [3.05, 3.63) is 110 Å². The van der Waals surface area contributed by atoms with Crippen molar-refractivity contribution < 1.29 is 28.7 Å². The maximum Gasteiger partial charge on any atom is 0.287 e. The van der Waals surface area contributed by atoms with Gasteiger partial charge in [0.1, 0.15) is 22.6 Å². The van der Waals surface area contributed by atoms with Crippen molar-refractivity contribution in [2.75, 3.05) is 14.2 Å². The lowest BCUT2D eigenvalue weighted by Gasteiger charge is -2.14. The van der Waals surface area contributed by atoms with Gasteiger partial charge in [-0.05, 0) is 24.3 Å². The van der Waals surface area contributed by atoms with E-state index in [2.05, 4.69) is 0 Å². The van der Waals surface area contributed by atoms with Gasteiger partial charge in [-0.15, -0.1) is 0 Å². The molecule has 0 saturated heterocycles. The third-order valence-corrected chi connectivity index (χ3v) is 13.6. The summed E-state index contributed by atoms with van der Waals surface area (Å²) in [6.45, 7) is 0. The number of hydrogen-bond acceptors (Lipinski definition) is 14. The van der Waals surface area contributed by atoms with Gasteiger partial charge in [-0.25, -0.2) is 0 Å². The summed E-state index contributed by atoms with van der Waals surface area (Å²) in [6.07, 6.45) is 0. The van der Waals surface area contributed by atoms with Crippen LogP contribution >= 0.6 is 47.0 Å². The van der Waals surface area contributed by atoms with Crippen LogP contribution in [-0.2, 0) is 0 Å². The zero-order valence-electron chi connectivity index (χ0n) is 25.1. The third kappa shape index (κ3) is 3.75. The molecule has 246 valence electrons. The number of fused-ring (bicyclic) bond motifs is 6. The number of carbonyl (C=O) groups is 4. The van der Waals surface area contributed by atoms with Gasteiger partial charge >= 0.3 is 0 Å². The van der Waals surface area contributed by atoms with Crippen molar-refractivity contribution in [3.63, 3.8) is 0 Å². The minimum Gasteiger partial charge on any atom is -0.494 e. The summed E-state index contributed by atoms with van der Waals surface area (Å²) in [7, 11) is 2.79. The number of ether oxygens (including phenoxy) is 2. The molecule has 0 spiro atoms. The van der Waals surface area contributed by atoms with Crippen LogP contribution in [0.5, 0.6) is 11.5 Å². The second-order valence-electron chi connectivity index (χ2n) is 10.9. The summed E-state index contributed by atoms with van der Waals surface area (Å²) in [5.41, 5.74) is -3.98. The molecule has 9 rings (SSSR count). The van der Waals surface area contributed by atoms with E-state index in [1.807, 2.05) is 0 Å². The third-order valence-electron chi connectivity index (χ3n) is 8.40. The summed E-state index contributed by atoms with van der Waals surface area (Å²) >= 11 is 4.02. The summed E-state index contributed by atoms with van der Waals surface area (Å²) in [6, 6.07) is 11.8. The van der Waals surface area contributed by atoms with Gasteiger partial charge in [-0.3, -0.25) is 38.4 Å². The molecule has 5 aromatic rings. The Kier molecular flexibility index (Phi) is 6.52. The van der Waals surface area contributed by atoms with Crippen molar-refractivity contribution in [3.8, 4) is 11.5 Å². The Balaban J connectivity index is 1.16. The molecule has 0 N–H and O–H groups in total. The molecule has 3 aromatic carbocycles. The van der Waals surface area contributed by atoms with Crippen LogP contribution in [0.1, 0.15) is 19.2 Å². The fraction of sp³-hybridized carbons (Fsp3) is 0.0625. The largest absolute Gasteiger partial charge is 0.494 e. The maximum atomic E-state index is 13.7. The minimum atomic E-state index is -0.956. The van der Waals surface area contributed by atoms with Gasteiger partial charge in [0, 0.05) is 0 Å². The number of allylic oxidation sites excluding steroid dienone is 2. The van der Waals surface area contributed by atoms with Crippen LogP contribution in [0.2, 0.25) is 0 Å². The second kappa shape index (κ2) is 10.6. The Labute approximate surface area is 293 Å². The number of thioether (sulfide) groups is 4. The Bertz CT molecular complexity index is 2540. The summed E-state index contributed by atoms with van der Waals surface area (Å²) < 4.78 is 14.2. The monoisotopic (exact) mass is 742 g/mol. The van der Waals surface area contributed by atoms with E-state index in [1.54, 1.807) is 24.3 Å². The van der Waals surface area contributed by atoms with E-state index in [9.17, 15) is 38.4 Å². The van der Waals surface area contributed by atoms with Crippen molar-refractivity contribution in [2.24, 2.45) is 0 Å². The number of aromatic nitrogens is 4. The minimum absolute atomic E-state index is 0.000231. The van der Waals surface area contributed by atoms with E-state index in [1.165, 1.54) is 38.5 Å². The molecule has 0 saturated carbocycles. The molecular weight excluding hydrogens is 729 g/mol. The molecule has 0 atom stereocenters. The van der Waals surface area contributed by atoms with Crippen LogP contribution in [0.4, 0.5) is 0 Å². The van der Waals surface area contributed by atoms with Gasteiger partial charge in [-0.1, -0.05) is 71.3 Å². The predicted octanol–water partition coefficient (Wildman–Crippen LogP) is 3.46. The van der Waals surface area contributed by atoms with Crippen LogP contribution in [0, 0.1) is 0 Å². The van der Waals surface area contributed by atoms with Gasteiger partial charge in [0.25, 0.3) is 45.9 Å². The Morgan fingerprint density at radius 1 is 0.420 bits per heavy atom. The molecule has 14 nitrogen and oxygen atoms in total. The van der Waals surface area contributed by atoms with Crippen LogP contribution in [-0.4, -0.2) is 56.6 Å². The Hall–Kier alpha value is -5.30. The van der Waals surface area contributed by atoms with Gasteiger partial charge in [0.2, 0.25) is 0 Å². The molecule has 50 heavy (non-hydrogen) atoms. The van der Waals surface area contributed by atoms with Crippen LogP contribution in [0.25, 0.3) is 21.5 Å². The van der Waals surface area contributed by atoms with Gasteiger partial charge < -0.3 is 9.47 Å². The topological polar surface area (TPSA) is 175 Å². The molecule has 0 fully saturated rings. The fourth-order valence-corrected chi connectivity index (χ4v) is 11.9. The number of benzene rings is 3. The molecular formula is C32H14N4O10S4. The highest BCUT2D eigenvalue weighted by atomic mass is 32.2. The lowest BCUT2D eigenvalue weighted by molar-refractivity contribution is 0.0936. The first-order valence-corrected chi connectivity index (χ1v) is 17.6. The Morgan fingerprint density at radius 3 is 0.880 bits per heavy atom. The van der Waals surface area contributed by atoms with E-state index in [0.29, 0.717) is 38.3 Å². The van der Waals surface area contributed by atoms with E-state index in [-0.39, 0.29) is 52.7 Å². The SMILES string of the molecule is COc1c2c(c(OC)c3c1SC(=C1C(=O)n4c(=O)c5ccccc5c(=O)n4C1=O)S3)SC(=C1C(=O)n3c(=O)c4ccccc4c(=O)n3C1=O)S2. The molecule has 18 heteroatoms. The average molecular weight is 743 g/mol. The van der Waals surface area contributed by atoms with Crippen molar-refractivity contribution in [1.82, 2.24) is 18.7 Å². The number of hydrogen-bond donors (Lipinski definition) is 0. The zero-order chi connectivity index (χ0) is 34.9. The number of carbonyl (C=O) groups excluding carboxylic acids is 4. The highest BCUT2D eigenvalue weighted by Crippen LogP contribution is 2.68. The van der Waals surface area contributed by atoms with Crippen LogP contribution in [0.15, 0.2) is 107 Å². The van der Waals surface area contributed by atoms with Gasteiger partial charge in [-0.2, -0.15) is 18.7 Å². The van der Waals surface area contributed by atoms with Crippen LogP contribution < -0.4 is 31.7 Å². The molecule has 6 heterocycles. The van der Waals surface area contributed by atoms with E-state index in [4.69, 9.17) is 9.47 Å². The fourth-order valence-electron chi connectivity index (χ4n) is 6.20. The lowest BCUT2D eigenvalue weighted by atomic mass is 10.2. The molecule has 0 aliphatic carbocycles. The molecule has 0 amide bonds. The summed E-state index contributed by atoms with van der Waals surface area (Å²) in [5.74, 6) is -3.26. The molecule has 4 aliphatic rings. The van der Waals surface area contributed by atoms with Crippen LogP contribution in [0.3, 0.4) is 0 Å². The highest BCUT2D eigenvalue weighted by molar-refractivity contribution is 8.26. The van der Waals surface area contributed by atoms with Crippen molar-refractivity contribution in [1.29, 1.82) is 0 Å². The molecule has 4 aliphatic heterocycles.